The summed E-state index contributed by atoms with van der Waals surface area (Å²) in [5.74, 6) is 0.0352. The molecule has 0 heterocycles. The van der Waals surface area contributed by atoms with E-state index < -0.39 is 10.0 Å². The van der Waals surface area contributed by atoms with Crippen molar-refractivity contribution in [1.82, 2.24) is 9.62 Å². The molecule has 24 heavy (non-hydrogen) atoms. The molecule has 134 valence electrons. The van der Waals surface area contributed by atoms with E-state index in [0.29, 0.717) is 18.2 Å². The van der Waals surface area contributed by atoms with Crippen LogP contribution in [0.2, 0.25) is 0 Å². The first kappa shape index (κ1) is 18.9. The third-order valence-electron chi connectivity index (χ3n) is 4.69. The van der Waals surface area contributed by atoms with Crippen molar-refractivity contribution < 1.29 is 13.2 Å². The van der Waals surface area contributed by atoms with E-state index in [1.165, 1.54) is 12.8 Å². The number of hydrogen-bond acceptors (Lipinski definition) is 3. The second-order valence-electron chi connectivity index (χ2n) is 6.53. The van der Waals surface area contributed by atoms with E-state index in [1.54, 1.807) is 19.1 Å². The number of sulfonamides is 1. The minimum absolute atomic E-state index is 0.0352. The molecule has 0 spiro atoms. The fraction of sp³-hybridized carbons (Fsp3) is 0.611. The fourth-order valence-corrected chi connectivity index (χ4v) is 4.72. The average Bonchev–Trinajstić information content (AvgIpc) is 3.04. The Hall–Kier alpha value is -1.40. The Morgan fingerprint density at radius 2 is 1.92 bits per heavy atom. The molecule has 1 aliphatic rings. The van der Waals surface area contributed by atoms with Crippen LogP contribution in [-0.4, -0.2) is 38.4 Å². The molecule has 0 saturated heterocycles. The largest absolute Gasteiger partial charge is 0.340 e. The van der Waals surface area contributed by atoms with Crippen molar-refractivity contribution in [3.8, 4) is 0 Å². The molecular formula is C18H28N2O3S. The molecule has 0 bridgehead atoms. The lowest BCUT2D eigenvalue weighted by atomic mass is 10.2. The molecule has 0 atom stereocenters. The molecule has 0 aliphatic heterocycles. The van der Waals surface area contributed by atoms with Crippen LogP contribution in [0.25, 0.3) is 0 Å². The van der Waals surface area contributed by atoms with Crippen LogP contribution in [0.4, 0.5) is 0 Å². The summed E-state index contributed by atoms with van der Waals surface area (Å²) in [6.45, 7) is 6.45. The van der Waals surface area contributed by atoms with Crippen LogP contribution in [0.5, 0.6) is 0 Å². The zero-order valence-corrected chi connectivity index (χ0v) is 15.7. The van der Waals surface area contributed by atoms with Crippen LogP contribution in [0.1, 0.15) is 50.2 Å². The minimum Gasteiger partial charge on any atom is -0.340 e. The highest BCUT2D eigenvalue weighted by molar-refractivity contribution is 7.89. The highest BCUT2D eigenvalue weighted by atomic mass is 32.2. The molecule has 1 N–H and O–H groups in total. The van der Waals surface area contributed by atoms with Gasteiger partial charge in [-0.15, -0.1) is 0 Å². The third kappa shape index (κ3) is 4.57. The normalized spacial score (nSPS) is 15.6. The van der Waals surface area contributed by atoms with Gasteiger partial charge in [0.2, 0.25) is 15.9 Å². The summed E-state index contributed by atoms with van der Waals surface area (Å²) in [5, 5.41) is 0. The van der Waals surface area contributed by atoms with Gasteiger partial charge in [-0.25, -0.2) is 13.1 Å². The number of amides is 1. The lowest BCUT2D eigenvalue weighted by Crippen LogP contribution is -2.40. The maximum absolute atomic E-state index is 12.4. The third-order valence-corrected chi connectivity index (χ3v) is 6.29. The van der Waals surface area contributed by atoms with Gasteiger partial charge in [0.1, 0.15) is 0 Å². The Kier molecular flexibility index (Phi) is 6.40. The van der Waals surface area contributed by atoms with Gasteiger partial charge in [-0.3, -0.25) is 4.79 Å². The van der Waals surface area contributed by atoms with Crippen LogP contribution in [0, 0.1) is 13.8 Å². The van der Waals surface area contributed by atoms with Crippen LogP contribution in [0.15, 0.2) is 23.1 Å². The number of hydrogen-bond donors (Lipinski definition) is 1. The van der Waals surface area contributed by atoms with Crippen molar-refractivity contribution >= 4 is 15.9 Å². The van der Waals surface area contributed by atoms with E-state index in [0.717, 1.165) is 18.4 Å². The topological polar surface area (TPSA) is 66.5 Å². The number of nitrogens with zero attached hydrogens (tertiary/aromatic N) is 1. The predicted molar refractivity (Wildman–Crippen MR) is 95.4 cm³/mol. The van der Waals surface area contributed by atoms with Gasteiger partial charge < -0.3 is 4.90 Å². The highest BCUT2D eigenvalue weighted by Crippen LogP contribution is 2.23. The molecule has 2 rings (SSSR count). The summed E-state index contributed by atoms with van der Waals surface area (Å²) < 4.78 is 27.5. The molecule has 1 aromatic rings. The van der Waals surface area contributed by atoms with Gasteiger partial charge in [-0.05, 0) is 50.8 Å². The van der Waals surface area contributed by atoms with Gasteiger partial charge in [0.05, 0.1) is 4.90 Å². The van der Waals surface area contributed by atoms with Crippen LogP contribution in [-0.2, 0) is 14.8 Å². The van der Waals surface area contributed by atoms with Crippen LogP contribution in [0.3, 0.4) is 0 Å². The van der Waals surface area contributed by atoms with E-state index in [4.69, 9.17) is 0 Å². The predicted octanol–water partition coefficient (Wildman–Crippen LogP) is 2.76. The summed E-state index contributed by atoms with van der Waals surface area (Å²) in [5.41, 5.74) is 1.61. The Labute approximate surface area is 145 Å². The molecule has 0 radical (unpaired) electrons. The summed E-state index contributed by atoms with van der Waals surface area (Å²) in [4.78, 5) is 14.6. The minimum atomic E-state index is -3.58. The number of nitrogens with one attached hydrogen (secondary N) is 1. The van der Waals surface area contributed by atoms with E-state index in [-0.39, 0.29) is 23.8 Å². The molecule has 6 heteroatoms. The number of benzene rings is 1. The summed E-state index contributed by atoms with van der Waals surface area (Å²) in [6, 6.07) is 5.68. The summed E-state index contributed by atoms with van der Waals surface area (Å²) in [7, 11) is -3.58. The second kappa shape index (κ2) is 8.12. The Morgan fingerprint density at radius 3 is 2.54 bits per heavy atom. The lowest BCUT2D eigenvalue weighted by Gasteiger charge is -2.27. The summed E-state index contributed by atoms with van der Waals surface area (Å²) >= 11 is 0. The van der Waals surface area contributed by atoms with Crippen molar-refractivity contribution in [1.29, 1.82) is 0 Å². The zero-order valence-electron chi connectivity index (χ0n) is 14.8. The number of carbonyl (C=O) groups is 1. The first-order valence-electron chi connectivity index (χ1n) is 8.71. The molecule has 0 aromatic heterocycles. The first-order chi connectivity index (χ1) is 11.3. The van der Waals surface area contributed by atoms with Gasteiger partial charge in [-0.1, -0.05) is 25.0 Å². The molecular weight excluding hydrogens is 324 g/mol. The Bertz CT molecular complexity index is 680. The van der Waals surface area contributed by atoms with Gasteiger partial charge in [0.25, 0.3) is 0 Å². The standard InChI is InChI=1S/C18H28N2O3S/c1-4-20(16-7-5-6-8-16)18(21)11-12-19-24(22,23)17-13-14(2)9-10-15(17)3/h9-10,13,16,19H,4-8,11-12H2,1-3H3. The quantitative estimate of drug-likeness (QED) is 0.820. The van der Waals surface area contributed by atoms with Gasteiger partial charge in [0.15, 0.2) is 0 Å². The van der Waals surface area contributed by atoms with Crippen molar-refractivity contribution in [3.63, 3.8) is 0 Å². The lowest BCUT2D eigenvalue weighted by molar-refractivity contribution is -0.133. The van der Waals surface area contributed by atoms with Crippen molar-refractivity contribution in [2.24, 2.45) is 0 Å². The number of aryl methyl sites for hydroxylation is 2. The van der Waals surface area contributed by atoms with Crippen molar-refractivity contribution in [2.75, 3.05) is 13.1 Å². The zero-order chi connectivity index (χ0) is 17.7. The maximum Gasteiger partial charge on any atom is 0.240 e. The van der Waals surface area contributed by atoms with E-state index >= 15 is 0 Å². The van der Waals surface area contributed by atoms with Crippen molar-refractivity contribution in [3.05, 3.63) is 29.3 Å². The van der Waals surface area contributed by atoms with Crippen LogP contribution < -0.4 is 4.72 Å². The molecule has 1 aliphatic carbocycles. The average molecular weight is 353 g/mol. The van der Waals surface area contributed by atoms with Crippen LogP contribution >= 0.6 is 0 Å². The van der Waals surface area contributed by atoms with Crippen molar-refractivity contribution in [2.45, 2.75) is 63.8 Å². The van der Waals surface area contributed by atoms with Gasteiger partial charge in [0, 0.05) is 25.6 Å². The summed E-state index contributed by atoms with van der Waals surface area (Å²) in [6.07, 6.45) is 4.68. The van der Waals surface area contributed by atoms with E-state index in [2.05, 4.69) is 4.72 Å². The fourth-order valence-electron chi connectivity index (χ4n) is 3.36. The molecule has 5 nitrogen and oxygen atoms in total. The molecule has 1 aromatic carbocycles. The first-order valence-corrected chi connectivity index (χ1v) is 10.2. The SMILES string of the molecule is CCN(C(=O)CCNS(=O)(=O)c1cc(C)ccc1C)C1CCCC1. The van der Waals surface area contributed by atoms with Gasteiger partial charge in [-0.2, -0.15) is 0 Å². The Morgan fingerprint density at radius 1 is 1.25 bits per heavy atom. The second-order valence-corrected chi connectivity index (χ2v) is 8.27. The smallest absolute Gasteiger partial charge is 0.240 e. The molecule has 1 fully saturated rings. The Balaban J connectivity index is 1.94. The van der Waals surface area contributed by atoms with Gasteiger partial charge >= 0.3 is 0 Å². The molecule has 1 amide bonds. The number of rotatable bonds is 7. The molecule has 1 saturated carbocycles. The maximum atomic E-state index is 12.4. The number of carbonyl (C=O) groups excluding carboxylic acids is 1. The molecule has 0 unspecified atom stereocenters. The monoisotopic (exact) mass is 352 g/mol. The highest BCUT2D eigenvalue weighted by Gasteiger charge is 2.25. The van der Waals surface area contributed by atoms with E-state index in [1.807, 2.05) is 24.8 Å². The van der Waals surface area contributed by atoms with E-state index in [9.17, 15) is 13.2 Å².